The van der Waals surface area contributed by atoms with Crippen LogP contribution < -0.4 is 30.7 Å². The number of amides is 1. The topological polar surface area (TPSA) is 147 Å². The molecule has 54 heavy (non-hydrogen) atoms. The van der Waals surface area contributed by atoms with E-state index in [9.17, 15) is 27.9 Å². The van der Waals surface area contributed by atoms with Crippen molar-refractivity contribution in [2.75, 3.05) is 26.1 Å². The number of nitrogens with one attached hydrogen (secondary N) is 4. The Morgan fingerprint density at radius 3 is 2.44 bits per heavy atom. The molecule has 1 aliphatic heterocycles. The maximum atomic E-state index is 14.4. The second-order valence-electron chi connectivity index (χ2n) is 13.8. The average molecular weight is 765 g/mol. The predicted octanol–water partition coefficient (Wildman–Crippen LogP) is 6.67. The summed E-state index contributed by atoms with van der Waals surface area (Å²) >= 11 is 7.12. The molecule has 2 aromatic carbocycles. The van der Waals surface area contributed by atoms with Crippen molar-refractivity contribution in [3.05, 3.63) is 87.7 Å². The number of aromatic nitrogens is 2. The first-order chi connectivity index (χ1) is 25.9. The number of hydrogen-bond donors (Lipinski definition) is 5. The third-order valence-corrected chi connectivity index (χ3v) is 10.8. The molecular formula is C39H40ClF3N6O5. The molecule has 15 heteroatoms. The van der Waals surface area contributed by atoms with Gasteiger partial charge in [-0.3, -0.25) is 14.9 Å². The third-order valence-electron chi connectivity index (χ3n) is 10.4. The molecule has 0 spiro atoms. The van der Waals surface area contributed by atoms with Crippen LogP contribution in [-0.2, 0) is 35.3 Å². The number of alkyl halides is 3. The lowest BCUT2D eigenvalue weighted by molar-refractivity contribution is -0.142. The van der Waals surface area contributed by atoms with Gasteiger partial charge in [-0.1, -0.05) is 54.1 Å². The van der Waals surface area contributed by atoms with Crippen molar-refractivity contribution in [2.24, 2.45) is 0 Å². The number of fused-ring (bicyclic) bond motifs is 1. The fourth-order valence-corrected chi connectivity index (χ4v) is 7.66. The summed E-state index contributed by atoms with van der Waals surface area (Å²) in [6, 6.07) is 16.2. The maximum Gasteiger partial charge on any atom is 0.435 e. The van der Waals surface area contributed by atoms with Gasteiger partial charge in [-0.25, -0.2) is 9.97 Å². The highest BCUT2D eigenvalue weighted by Gasteiger charge is 2.50. The highest BCUT2D eigenvalue weighted by Crippen LogP contribution is 2.45. The number of anilines is 1. The van der Waals surface area contributed by atoms with Crippen molar-refractivity contribution in [3.63, 3.8) is 0 Å². The van der Waals surface area contributed by atoms with Gasteiger partial charge < -0.3 is 30.5 Å². The minimum Gasteiger partial charge on any atom is -0.495 e. The lowest BCUT2D eigenvalue weighted by atomic mass is 9.94. The molecule has 2 fully saturated rings. The molecule has 2 aliphatic carbocycles. The Kier molecular flexibility index (Phi) is 10.4. The van der Waals surface area contributed by atoms with E-state index in [-0.39, 0.29) is 35.6 Å². The summed E-state index contributed by atoms with van der Waals surface area (Å²) < 4.78 is 54.4. The van der Waals surface area contributed by atoms with E-state index in [2.05, 4.69) is 26.3 Å². The highest BCUT2D eigenvalue weighted by molar-refractivity contribution is 6.36. The minimum atomic E-state index is -4.79. The Balaban J connectivity index is 1.13. The Morgan fingerprint density at radius 2 is 1.76 bits per heavy atom. The van der Waals surface area contributed by atoms with Crippen LogP contribution >= 0.6 is 11.6 Å². The third kappa shape index (κ3) is 7.55. The van der Waals surface area contributed by atoms with Crippen molar-refractivity contribution in [1.82, 2.24) is 25.9 Å². The van der Waals surface area contributed by atoms with Crippen LogP contribution in [0.15, 0.2) is 54.6 Å². The van der Waals surface area contributed by atoms with Crippen molar-refractivity contribution >= 4 is 29.2 Å². The number of carboxylic acids is 1. The Morgan fingerprint density at radius 1 is 1.00 bits per heavy atom. The number of carboxylic acid groups (broad SMARTS) is 1. The van der Waals surface area contributed by atoms with E-state index in [1.807, 2.05) is 48.5 Å². The maximum absolute atomic E-state index is 14.4. The van der Waals surface area contributed by atoms with Gasteiger partial charge in [0.15, 0.2) is 5.69 Å². The number of carbonyl (C=O) groups is 2. The van der Waals surface area contributed by atoms with Gasteiger partial charge in [0.1, 0.15) is 11.3 Å². The second kappa shape index (κ2) is 15.1. The largest absolute Gasteiger partial charge is 0.495 e. The first-order valence-electron chi connectivity index (χ1n) is 17.8. The standard InChI is InChI=1S/C39H40ClF3N6O5/c1-53-32-17-30(35(39(41,42)43)48-31(32)20-45-38(15-16-38)37(51)52)47-28-13-11-24-23(5-3-6-25(24)28)26-7-4-8-27(34(26)40)29-12-9-21(36(49-29)54-2)18-44-19-22-10-14-33(50)46-22/h3-9,12,17,22,28,44-45,47H,10-11,13-16,18-20H2,1-2H3,(H,46,50)(H,51,52)/t22-,28-/m0/s1. The number of pyridine rings is 2. The van der Waals surface area contributed by atoms with Crippen LogP contribution in [0, 0.1) is 0 Å². The lowest BCUT2D eigenvalue weighted by Crippen LogP contribution is -2.39. The molecule has 3 aliphatic rings. The summed E-state index contributed by atoms with van der Waals surface area (Å²) in [6.07, 6.45) is -1.56. The van der Waals surface area contributed by atoms with Crippen molar-refractivity contribution in [3.8, 4) is 34.0 Å². The fraction of sp³-hybridized carbons (Fsp3) is 0.385. The number of ether oxygens (including phenoxy) is 2. The fourth-order valence-electron chi connectivity index (χ4n) is 7.33. The zero-order valence-electron chi connectivity index (χ0n) is 29.7. The van der Waals surface area contributed by atoms with Crippen molar-refractivity contribution in [1.29, 1.82) is 0 Å². The van der Waals surface area contributed by atoms with Gasteiger partial charge in [0, 0.05) is 54.9 Å². The van der Waals surface area contributed by atoms with Gasteiger partial charge in [-0.05, 0) is 54.9 Å². The first-order valence-corrected chi connectivity index (χ1v) is 18.1. The molecule has 3 heterocycles. The smallest absolute Gasteiger partial charge is 0.435 e. The lowest BCUT2D eigenvalue weighted by Gasteiger charge is -2.22. The zero-order valence-corrected chi connectivity index (χ0v) is 30.5. The molecule has 2 atom stereocenters. The van der Waals surface area contributed by atoms with Crippen LogP contribution in [0.3, 0.4) is 0 Å². The average Bonchev–Trinajstić information content (AvgIpc) is 3.68. The number of rotatable bonds is 14. The summed E-state index contributed by atoms with van der Waals surface area (Å²) in [5.74, 6) is -0.416. The van der Waals surface area contributed by atoms with E-state index in [0.29, 0.717) is 67.4 Å². The molecule has 1 saturated heterocycles. The van der Waals surface area contributed by atoms with Gasteiger partial charge in [0.05, 0.1) is 42.4 Å². The second-order valence-corrected chi connectivity index (χ2v) is 14.2. The summed E-state index contributed by atoms with van der Waals surface area (Å²) in [5, 5.41) is 22.2. The van der Waals surface area contributed by atoms with Gasteiger partial charge in [-0.15, -0.1) is 0 Å². The van der Waals surface area contributed by atoms with E-state index in [4.69, 9.17) is 26.1 Å². The Bertz CT molecular complexity index is 2090. The number of nitrogens with zero attached hydrogens (tertiary/aromatic N) is 2. The van der Waals surface area contributed by atoms with Gasteiger partial charge in [0.25, 0.3) is 0 Å². The van der Waals surface area contributed by atoms with E-state index in [1.165, 1.54) is 13.2 Å². The van der Waals surface area contributed by atoms with Gasteiger partial charge >= 0.3 is 12.1 Å². The molecule has 1 amide bonds. The normalized spacial score (nSPS) is 18.6. The monoisotopic (exact) mass is 764 g/mol. The predicted molar refractivity (Wildman–Crippen MR) is 196 cm³/mol. The van der Waals surface area contributed by atoms with E-state index >= 15 is 0 Å². The van der Waals surface area contributed by atoms with Crippen molar-refractivity contribution in [2.45, 2.75) is 75.4 Å². The molecule has 7 rings (SSSR count). The summed E-state index contributed by atoms with van der Waals surface area (Å²) in [4.78, 5) is 31.9. The van der Waals surface area contributed by atoms with E-state index < -0.39 is 29.4 Å². The minimum absolute atomic E-state index is 0.0273. The number of hydrogen-bond acceptors (Lipinski definition) is 9. The van der Waals surface area contributed by atoms with Crippen molar-refractivity contribution < 1.29 is 37.3 Å². The van der Waals surface area contributed by atoms with Crippen LogP contribution in [0.25, 0.3) is 22.4 Å². The van der Waals surface area contributed by atoms with Crippen LogP contribution in [0.1, 0.15) is 66.2 Å². The molecule has 0 bridgehead atoms. The molecular weight excluding hydrogens is 725 g/mol. The summed E-state index contributed by atoms with van der Waals surface area (Å²) in [6.45, 7) is 0.946. The zero-order chi connectivity index (χ0) is 38.2. The molecule has 4 aromatic rings. The number of carbonyl (C=O) groups excluding carboxylic acids is 1. The highest BCUT2D eigenvalue weighted by atomic mass is 35.5. The quantitative estimate of drug-likeness (QED) is 0.0944. The van der Waals surface area contributed by atoms with Gasteiger partial charge in [-0.2, -0.15) is 13.2 Å². The molecule has 0 radical (unpaired) electrons. The number of halogens is 4. The SMILES string of the molecule is COc1cc(N[C@H]2CCc3c(-c4cccc(-c5ccc(CNC[C@@H]6CCC(=O)N6)c(OC)n5)c4Cl)cccc32)c(C(F)(F)F)nc1CNC1(C(=O)O)CC1. The summed E-state index contributed by atoms with van der Waals surface area (Å²) in [7, 11) is 2.90. The van der Waals surface area contributed by atoms with Crippen LogP contribution in [0.4, 0.5) is 18.9 Å². The molecule has 284 valence electrons. The van der Waals surface area contributed by atoms with Crippen LogP contribution in [-0.4, -0.2) is 59.3 Å². The molecule has 2 aromatic heterocycles. The van der Waals surface area contributed by atoms with Crippen LogP contribution in [0.2, 0.25) is 5.02 Å². The molecule has 0 unspecified atom stereocenters. The number of aliphatic carboxylic acids is 1. The van der Waals surface area contributed by atoms with E-state index in [1.54, 1.807) is 7.11 Å². The Labute approximate surface area is 315 Å². The summed E-state index contributed by atoms with van der Waals surface area (Å²) in [5.41, 5.74) is 3.11. The number of benzene rings is 2. The van der Waals surface area contributed by atoms with E-state index in [0.717, 1.165) is 34.2 Å². The molecule has 5 N–H and O–H groups in total. The van der Waals surface area contributed by atoms with Gasteiger partial charge in [0.2, 0.25) is 11.8 Å². The molecule has 1 saturated carbocycles. The van der Waals surface area contributed by atoms with Crippen LogP contribution in [0.5, 0.6) is 11.6 Å². The molecule has 11 nitrogen and oxygen atoms in total. The first kappa shape index (κ1) is 37.4. The Hall–Kier alpha value is -4.92. The number of methoxy groups -OCH3 is 2.